The summed E-state index contributed by atoms with van der Waals surface area (Å²) in [7, 11) is 0. The second-order valence-corrected chi connectivity index (χ2v) is 6.29. The third kappa shape index (κ3) is 2.69. The predicted molar refractivity (Wildman–Crippen MR) is 74.0 cm³/mol. The lowest BCUT2D eigenvalue weighted by molar-refractivity contribution is 0.0697. The molecule has 0 bridgehead atoms. The monoisotopic (exact) mass is 309 g/mol. The Morgan fingerprint density at radius 3 is 2.33 bits per heavy atom. The minimum Gasteiger partial charge on any atom is -0.478 e. The van der Waals surface area contributed by atoms with E-state index >= 15 is 0 Å². The Morgan fingerprint density at radius 1 is 1.22 bits per heavy atom. The Bertz CT molecular complexity index is 469. The van der Waals surface area contributed by atoms with E-state index in [2.05, 4.69) is 21.2 Å². The zero-order chi connectivity index (χ0) is 12.7. The molecule has 0 spiro atoms. The van der Waals surface area contributed by atoms with Gasteiger partial charge in [0, 0.05) is 16.2 Å². The summed E-state index contributed by atoms with van der Waals surface area (Å²) in [6.45, 7) is 0. The first kappa shape index (κ1) is 12.0. The number of aromatic carboxylic acids is 1. The molecule has 0 atom stereocenters. The van der Waals surface area contributed by atoms with Crippen molar-refractivity contribution in [1.82, 2.24) is 0 Å². The lowest BCUT2D eigenvalue weighted by Gasteiger charge is -2.19. The Balaban J connectivity index is 1.80. The van der Waals surface area contributed by atoms with Gasteiger partial charge in [-0.2, -0.15) is 0 Å². The van der Waals surface area contributed by atoms with E-state index < -0.39 is 5.97 Å². The number of halogens is 1. The van der Waals surface area contributed by atoms with Crippen LogP contribution in [0, 0.1) is 11.8 Å². The van der Waals surface area contributed by atoms with Crippen LogP contribution in [0.3, 0.4) is 0 Å². The molecule has 0 radical (unpaired) electrons. The third-order valence-electron chi connectivity index (χ3n) is 3.74. The van der Waals surface area contributed by atoms with Crippen LogP contribution in [0.25, 0.3) is 0 Å². The summed E-state index contributed by atoms with van der Waals surface area (Å²) < 4.78 is 0.815. The number of nitrogens with one attached hydrogen (secondary N) is 1. The Labute approximate surface area is 115 Å². The van der Waals surface area contributed by atoms with E-state index in [1.165, 1.54) is 25.7 Å². The van der Waals surface area contributed by atoms with Gasteiger partial charge >= 0.3 is 5.97 Å². The minimum atomic E-state index is -0.881. The molecule has 2 aliphatic rings. The molecule has 1 aromatic rings. The SMILES string of the molecule is O=C(O)c1cc(Br)cc(NC(C2CC2)C2CC2)c1. The number of rotatable bonds is 5. The van der Waals surface area contributed by atoms with Gasteiger partial charge < -0.3 is 10.4 Å². The summed E-state index contributed by atoms with van der Waals surface area (Å²) in [6, 6.07) is 5.87. The molecule has 0 heterocycles. The van der Waals surface area contributed by atoms with Gasteiger partial charge in [0.25, 0.3) is 0 Å². The molecule has 3 nitrogen and oxygen atoms in total. The Kier molecular flexibility index (Phi) is 3.06. The van der Waals surface area contributed by atoms with Crippen molar-refractivity contribution in [2.75, 3.05) is 5.32 Å². The summed E-state index contributed by atoms with van der Waals surface area (Å²) in [6.07, 6.45) is 5.25. The van der Waals surface area contributed by atoms with Gasteiger partial charge in [0.1, 0.15) is 0 Å². The van der Waals surface area contributed by atoms with Crippen molar-refractivity contribution < 1.29 is 9.90 Å². The highest BCUT2D eigenvalue weighted by Gasteiger charge is 2.41. The van der Waals surface area contributed by atoms with Gasteiger partial charge in [-0.25, -0.2) is 4.79 Å². The number of carbonyl (C=O) groups is 1. The number of benzene rings is 1. The molecular formula is C14H16BrNO2. The topological polar surface area (TPSA) is 49.3 Å². The van der Waals surface area contributed by atoms with Crippen molar-refractivity contribution in [3.05, 3.63) is 28.2 Å². The molecular weight excluding hydrogens is 294 g/mol. The molecule has 0 amide bonds. The fraction of sp³-hybridized carbons (Fsp3) is 0.500. The molecule has 4 heteroatoms. The van der Waals surface area contributed by atoms with E-state index in [0.29, 0.717) is 11.6 Å². The van der Waals surface area contributed by atoms with Crippen molar-refractivity contribution in [3.63, 3.8) is 0 Å². The molecule has 0 aliphatic heterocycles. The summed E-state index contributed by atoms with van der Waals surface area (Å²) >= 11 is 3.37. The summed E-state index contributed by atoms with van der Waals surface area (Å²) in [5.41, 5.74) is 1.25. The van der Waals surface area contributed by atoms with Crippen LogP contribution in [0.15, 0.2) is 22.7 Å². The van der Waals surface area contributed by atoms with E-state index in [1.807, 2.05) is 6.07 Å². The fourth-order valence-corrected chi connectivity index (χ4v) is 3.01. The number of hydrogen-bond acceptors (Lipinski definition) is 2. The van der Waals surface area contributed by atoms with Gasteiger partial charge in [-0.1, -0.05) is 15.9 Å². The van der Waals surface area contributed by atoms with Crippen molar-refractivity contribution in [2.24, 2.45) is 11.8 Å². The molecule has 2 N–H and O–H groups in total. The van der Waals surface area contributed by atoms with Crippen molar-refractivity contribution in [1.29, 1.82) is 0 Å². The maximum atomic E-state index is 11.0. The highest BCUT2D eigenvalue weighted by molar-refractivity contribution is 9.10. The first-order valence-electron chi connectivity index (χ1n) is 6.44. The van der Waals surface area contributed by atoms with Crippen molar-refractivity contribution >= 4 is 27.6 Å². The van der Waals surface area contributed by atoms with Crippen LogP contribution < -0.4 is 5.32 Å². The molecule has 18 heavy (non-hydrogen) atoms. The predicted octanol–water partition coefficient (Wildman–Crippen LogP) is 3.75. The van der Waals surface area contributed by atoms with Crippen LogP contribution in [-0.2, 0) is 0 Å². The number of carboxylic acid groups (broad SMARTS) is 1. The van der Waals surface area contributed by atoms with E-state index in [1.54, 1.807) is 12.1 Å². The zero-order valence-electron chi connectivity index (χ0n) is 10.0. The quantitative estimate of drug-likeness (QED) is 0.871. The number of carboxylic acids is 1. The maximum absolute atomic E-state index is 11.0. The van der Waals surface area contributed by atoms with Crippen LogP contribution >= 0.6 is 15.9 Å². The van der Waals surface area contributed by atoms with Gasteiger partial charge in [0.15, 0.2) is 0 Å². The second-order valence-electron chi connectivity index (χ2n) is 5.38. The molecule has 0 aromatic heterocycles. The molecule has 3 rings (SSSR count). The Hall–Kier alpha value is -1.03. The third-order valence-corrected chi connectivity index (χ3v) is 4.20. The van der Waals surface area contributed by atoms with Gasteiger partial charge in [-0.05, 0) is 55.7 Å². The standard InChI is InChI=1S/C14H16BrNO2/c15-11-5-10(14(17)18)6-12(7-11)16-13(8-1-2-8)9-3-4-9/h5-9,13,16H,1-4H2,(H,17,18). The second kappa shape index (κ2) is 4.57. The highest BCUT2D eigenvalue weighted by atomic mass is 79.9. The van der Waals surface area contributed by atoms with Gasteiger partial charge in [-0.3, -0.25) is 0 Å². The maximum Gasteiger partial charge on any atom is 0.335 e. The summed E-state index contributed by atoms with van der Waals surface area (Å²) in [4.78, 5) is 11.0. The van der Waals surface area contributed by atoms with E-state index in [-0.39, 0.29) is 0 Å². The van der Waals surface area contributed by atoms with Crippen LogP contribution in [0.4, 0.5) is 5.69 Å². The average Bonchev–Trinajstić information content (AvgIpc) is 3.16. The highest BCUT2D eigenvalue weighted by Crippen LogP contribution is 2.46. The van der Waals surface area contributed by atoms with E-state index in [0.717, 1.165) is 22.0 Å². The zero-order valence-corrected chi connectivity index (χ0v) is 11.6. The molecule has 2 aliphatic carbocycles. The molecule has 2 saturated carbocycles. The van der Waals surface area contributed by atoms with Gasteiger partial charge in [0.2, 0.25) is 0 Å². The normalized spacial score (nSPS) is 19.0. The van der Waals surface area contributed by atoms with Crippen LogP contribution in [-0.4, -0.2) is 17.1 Å². The van der Waals surface area contributed by atoms with Gasteiger partial charge in [-0.15, -0.1) is 0 Å². The Morgan fingerprint density at radius 2 is 1.83 bits per heavy atom. The lowest BCUT2D eigenvalue weighted by Crippen LogP contribution is -2.24. The number of anilines is 1. The summed E-state index contributed by atoms with van der Waals surface area (Å²) in [5.74, 6) is 0.711. The van der Waals surface area contributed by atoms with E-state index in [4.69, 9.17) is 5.11 Å². The minimum absolute atomic E-state index is 0.331. The van der Waals surface area contributed by atoms with Crippen LogP contribution in [0.2, 0.25) is 0 Å². The first-order chi connectivity index (χ1) is 8.63. The van der Waals surface area contributed by atoms with Crippen LogP contribution in [0.1, 0.15) is 36.0 Å². The molecule has 2 fully saturated rings. The lowest BCUT2D eigenvalue weighted by atomic mass is 10.1. The molecule has 0 saturated heterocycles. The fourth-order valence-electron chi connectivity index (χ4n) is 2.52. The van der Waals surface area contributed by atoms with Crippen molar-refractivity contribution in [2.45, 2.75) is 31.7 Å². The average molecular weight is 310 g/mol. The molecule has 96 valence electrons. The first-order valence-corrected chi connectivity index (χ1v) is 7.23. The van der Waals surface area contributed by atoms with Crippen LogP contribution in [0.5, 0.6) is 0 Å². The summed E-state index contributed by atoms with van der Waals surface area (Å²) in [5, 5.41) is 12.6. The number of hydrogen-bond donors (Lipinski definition) is 2. The van der Waals surface area contributed by atoms with Crippen molar-refractivity contribution in [3.8, 4) is 0 Å². The van der Waals surface area contributed by atoms with E-state index in [9.17, 15) is 4.79 Å². The molecule has 1 aromatic carbocycles. The smallest absolute Gasteiger partial charge is 0.335 e. The largest absolute Gasteiger partial charge is 0.478 e. The molecule has 0 unspecified atom stereocenters. The van der Waals surface area contributed by atoms with Gasteiger partial charge in [0.05, 0.1) is 5.56 Å².